The molecule has 0 aliphatic rings. The molecule has 0 heterocycles. The second-order valence-corrected chi connectivity index (χ2v) is 8.11. The smallest absolute Gasteiger partial charge is 0.255 e. The normalized spacial score (nSPS) is 11.2. The Morgan fingerprint density at radius 1 is 0.857 bits per heavy atom. The van der Waals surface area contributed by atoms with Crippen molar-refractivity contribution in [1.82, 2.24) is 4.72 Å². The van der Waals surface area contributed by atoms with Crippen molar-refractivity contribution in [2.45, 2.75) is 24.8 Å². The van der Waals surface area contributed by atoms with Crippen molar-refractivity contribution in [1.29, 1.82) is 0 Å². The van der Waals surface area contributed by atoms with Crippen LogP contribution in [0.5, 0.6) is 0 Å². The van der Waals surface area contributed by atoms with E-state index in [4.69, 9.17) is 0 Å². The van der Waals surface area contributed by atoms with Gasteiger partial charge in [0.05, 0.1) is 4.90 Å². The molecule has 0 atom stereocenters. The SMILES string of the molecule is CCc1ccc(NC(=O)c2cccc(S(=O)(=O)NCc3ccccc3)c2)cc1. The Morgan fingerprint density at radius 3 is 2.25 bits per heavy atom. The maximum atomic E-state index is 12.6. The highest BCUT2D eigenvalue weighted by molar-refractivity contribution is 7.89. The van der Waals surface area contributed by atoms with Crippen molar-refractivity contribution >= 4 is 21.6 Å². The highest BCUT2D eigenvalue weighted by Gasteiger charge is 2.16. The number of carbonyl (C=O) groups excluding carboxylic acids is 1. The van der Waals surface area contributed by atoms with Crippen LogP contribution >= 0.6 is 0 Å². The van der Waals surface area contributed by atoms with Gasteiger partial charge in [-0.1, -0.05) is 55.5 Å². The molecular weight excluding hydrogens is 372 g/mol. The predicted octanol–water partition coefficient (Wildman–Crippen LogP) is 3.98. The third kappa shape index (κ3) is 5.06. The summed E-state index contributed by atoms with van der Waals surface area (Å²) in [4.78, 5) is 12.6. The van der Waals surface area contributed by atoms with E-state index in [-0.39, 0.29) is 22.9 Å². The van der Waals surface area contributed by atoms with Gasteiger partial charge in [-0.3, -0.25) is 4.79 Å². The van der Waals surface area contributed by atoms with Crippen molar-refractivity contribution in [3.63, 3.8) is 0 Å². The highest BCUT2D eigenvalue weighted by atomic mass is 32.2. The molecule has 28 heavy (non-hydrogen) atoms. The van der Waals surface area contributed by atoms with Crippen molar-refractivity contribution in [3.8, 4) is 0 Å². The first kappa shape index (κ1) is 19.8. The van der Waals surface area contributed by atoms with Gasteiger partial charge in [-0.2, -0.15) is 0 Å². The van der Waals surface area contributed by atoms with Crippen LogP contribution in [-0.4, -0.2) is 14.3 Å². The van der Waals surface area contributed by atoms with Crippen LogP contribution in [0.1, 0.15) is 28.4 Å². The lowest BCUT2D eigenvalue weighted by Gasteiger charge is -2.09. The number of hydrogen-bond donors (Lipinski definition) is 2. The molecule has 0 aromatic heterocycles. The van der Waals surface area contributed by atoms with Crippen LogP contribution in [0.4, 0.5) is 5.69 Å². The summed E-state index contributed by atoms with van der Waals surface area (Å²) in [5.41, 5.74) is 2.98. The molecule has 0 saturated heterocycles. The van der Waals surface area contributed by atoms with E-state index in [1.54, 1.807) is 12.1 Å². The monoisotopic (exact) mass is 394 g/mol. The number of benzene rings is 3. The first-order valence-electron chi connectivity index (χ1n) is 9.02. The van der Waals surface area contributed by atoms with Crippen LogP contribution in [-0.2, 0) is 23.0 Å². The van der Waals surface area contributed by atoms with E-state index in [9.17, 15) is 13.2 Å². The quantitative estimate of drug-likeness (QED) is 0.636. The Labute approximate surface area is 165 Å². The van der Waals surface area contributed by atoms with Crippen LogP contribution in [0.15, 0.2) is 83.8 Å². The Bertz CT molecular complexity index is 1050. The van der Waals surface area contributed by atoms with Gasteiger partial charge in [0.1, 0.15) is 0 Å². The van der Waals surface area contributed by atoms with Crippen molar-refractivity contribution < 1.29 is 13.2 Å². The van der Waals surface area contributed by atoms with E-state index in [1.807, 2.05) is 54.6 Å². The fraction of sp³-hybridized carbons (Fsp3) is 0.136. The summed E-state index contributed by atoms with van der Waals surface area (Å²) in [6.07, 6.45) is 0.921. The average Bonchev–Trinajstić information content (AvgIpc) is 2.74. The van der Waals surface area contributed by atoms with Crippen molar-refractivity contribution in [2.24, 2.45) is 0 Å². The van der Waals surface area contributed by atoms with Crippen LogP contribution in [0, 0.1) is 0 Å². The van der Waals surface area contributed by atoms with E-state index in [2.05, 4.69) is 17.0 Å². The number of rotatable bonds is 7. The van der Waals surface area contributed by atoms with E-state index < -0.39 is 10.0 Å². The summed E-state index contributed by atoms with van der Waals surface area (Å²) in [5, 5.41) is 2.79. The zero-order valence-corrected chi connectivity index (χ0v) is 16.4. The molecule has 144 valence electrons. The van der Waals surface area contributed by atoms with Gasteiger partial charge in [0.15, 0.2) is 0 Å². The zero-order valence-electron chi connectivity index (χ0n) is 15.6. The fourth-order valence-electron chi connectivity index (χ4n) is 2.69. The number of carbonyl (C=O) groups is 1. The molecule has 0 unspecified atom stereocenters. The fourth-order valence-corrected chi connectivity index (χ4v) is 3.75. The van der Waals surface area contributed by atoms with Gasteiger partial charge in [-0.05, 0) is 47.9 Å². The average molecular weight is 394 g/mol. The number of aryl methyl sites for hydroxylation is 1. The third-order valence-electron chi connectivity index (χ3n) is 4.34. The molecule has 3 aromatic carbocycles. The van der Waals surface area contributed by atoms with Gasteiger partial charge in [0.25, 0.3) is 5.91 Å². The largest absolute Gasteiger partial charge is 0.322 e. The molecule has 0 bridgehead atoms. The van der Waals surface area contributed by atoms with Gasteiger partial charge >= 0.3 is 0 Å². The number of nitrogens with one attached hydrogen (secondary N) is 2. The second-order valence-electron chi connectivity index (χ2n) is 6.34. The minimum absolute atomic E-state index is 0.0532. The summed E-state index contributed by atoms with van der Waals surface area (Å²) >= 11 is 0. The molecule has 6 heteroatoms. The molecule has 1 amide bonds. The summed E-state index contributed by atoms with van der Waals surface area (Å²) in [7, 11) is -3.73. The number of amides is 1. The lowest BCUT2D eigenvalue weighted by molar-refractivity contribution is 0.102. The van der Waals surface area contributed by atoms with Crippen LogP contribution in [0.25, 0.3) is 0 Å². The molecule has 5 nitrogen and oxygen atoms in total. The van der Waals surface area contributed by atoms with Crippen LogP contribution < -0.4 is 10.0 Å². The standard InChI is InChI=1S/C22H22N2O3S/c1-2-17-11-13-20(14-12-17)24-22(25)19-9-6-10-21(15-19)28(26,27)23-16-18-7-4-3-5-8-18/h3-15,23H,2,16H2,1H3,(H,24,25). The zero-order chi connectivity index (χ0) is 20.0. The van der Waals surface area contributed by atoms with Crippen molar-refractivity contribution in [3.05, 3.63) is 95.6 Å². The molecule has 0 spiro atoms. The number of sulfonamides is 1. The topological polar surface area (TPSA) is 75.3 Å². The first-order chi connectivity index (χ1) is 13.5. The molecule has 3 aromatic rings. The van der Waals surface area contributed by atoms with E-state index in [0.29, 0.717) is 5.69 Å². The van der Waals surface area contributed by atoms with Crippen LogP contribution in [0.3, 0.4) is 0 Å². The highest BCUT2D eigenvalue weighted by Crippen LogP contribution is 2.15. The Hall–Kier alpha value is -2.96. The molecule has 2 N–H and O–H groups in total. The van der Waals surface area contributed by atoms with Crippen molar-refractivity contribution in [2.75, 3.05) is 5.32 Å². The maximum Gasteiger partial charge on any atom is 0.255 e. The van der Waals surface area contributed by atoms with Gasteiger partial charge in [-0.15, -0.1) is 0 Å². The first-order valence-corrected chi connectivity index (χ1v) is 10.5. The Balaban J connectivity index is 1.72. The molecule has 0 fully saturated rings. The van der Waals surface area contributed by atoms with Crippen LogP contribution in [0.2, 0.25) is 0 Å². The number of anilines is 1. The maximum absolute atomic E-state index is 12.6. The summed E-state index contributed by atoms with van der Waals surface area (Å²) < 4.78 is 27.7. The minimum atomic E-state index is -3.73. The third-order valence-corrected chi connectivity index (χ3v) is 5.73. The summed E-state index contributed by atoms with van der Waals surface area (Å²) in [6.45, 7) is 2.24. The Morgan fingerprint density at radius 2 is 1.57 bits per heavy atom. The molecule has 0 radical (unpaired) electrons. The van der Waals surface area contributed by atoms with Gasteiger partial charge < -0.3 is 5.32 Å². The molecule has 0 aliphatic carbocycles. The Kier molecular flexibility index (Phi) is 6.23. The number of hydrogen-bond acceptors (Lipinski definition) is 3. The second kappa shape index (κ2) is 8.82. The summed E-state index contributed by atoms with van der Waals surface area (Å²) in [6, 6.07) is 22.8. The molecule has 0 saturated carbocycles. The lowest BCUT2D eigenvalue weighted by atomic mass is 10.1. The molecule has 3 rings (SSSR count). The molecular formula is C22H22N2O3S. The van der Waals surface area contributed by atoms with E-state index >= 15 is 0 Å². The molecule has 0 aliphatic heterocycles. The van der Waals surface area contributed by atoms with Gasteiger partial charge in [0.2, 0.25) is 10.0 Å². The summed E-state index contributed by atoms with van der Waals surface area (Å²) in [5.74, 6) is -0.357. The minimum Gasteiger partial charge on any atom is -0.322 e. The van der Waals surface area contributed by atoms with E-state index in [1.165, 1.54) is 17.7 Å². The van der Waals surface area contributed by atoms with Gasteiger partial charge in [-0.25, -0.2) is 13.1 Å². The van der Waals surface area contributed by atoms with E-state index in [0.717, 1.165) is 12.0 Å². The van der Waals surface area contributed by atoms with Gasteiger partial charge in [0, 0.05) is 17.8 Å². The lowest BCUT2D eigenvalue weighted by Crippen LogP contribution is -2.23. The predicted molar refractivity (Wildman–Crippen MR) is 111 cm³/mol.